The molecule has 1 atom stereocenters. The molecular weight excluding hydrogens is 328 g/mol. The predicted octanol–water partition coefficient (Wildman–Crippen LogP) is 4.44. The lowest BCUT2D eigenvalue weighted by Crippen LogP contribution is -2.16. The van der Waals surface area contributed by atoms with Gasteiger partial charge < -0.3 is 9.84 Å². The van der Waals surface area contributed by atoms with E-state index >= 15 is 0 Å². The van der Waals surface area contributed by atoms with Crippen LogP contribution >= 0.6 is 0 Å². The first-order valence-electron chi connectivity index (χ1n) is 8.32. The maximum absolute atomic E-state index is 12.1. The van der Waals surface area contributed by atoms with E-state index in [1.807, 2.05) is 43.3 Å². The van der Waals surface area contributed by atoms with Crippen LogP contribution in [0.4, 0.5) is 0 Å². The Kier molecular flexibility index (Phi) is 6.50. The van der Waals surface area contributed by atoms with Gasteiger partial charge in [-0.2, -0.15) is 0 Å². The zero-order chi connectivity index (χ0) is 19.1. The third-order valence-electron chi connectivity index (χ3n) is 3.94. The molecule has 0 saturated heterocycles. The average molecular weight is 350 g/mol. The van der Waals surface area contributed by atoms with Crippen LogP contribution in [-0.4, -0.2) is 23.7 Å². The lowest BCUT2D eigenvalue weighted by Gasteiger charge is -2.20. The maximum atomic E-state index is 12.1. The topological polar surface area (TPSA) is 63.6 Å². The van der Waals surface area contributed by atoms with Gasteiger partial charge >= 0.3 is 11.9 Å². The normalized spacial score (nSPS) is 12.7. The first-order valence-corrected chi connectivity index (χ1v) is 8.32. The molecule has 4 heteroatoms. The van der Waals surface area contributed by atoms with Crippen molar-refractivity contribution in [3.63, 3.8) is 0 Å². The quantitative estimate of drug-likeness (QED) is 0.456. The predicted molar refractivity (Wildman–Crippen MR) is 102 cm³/mol. The molecule has 2 aromatic rings. The van der Waals surface area contributed by atoms with Crippen molar-refractivity contribution < 1.29 is 19.4 Å². The van der Waals surface area contributed by atoms with Gasteiger partial charge in [-0.1, -0.05) is 74.2 Å². The molecular formula is C22H22O4. The summed E-state index contributed by atoms with van der Waals surface area (Å²) in [5.74, 6) is -1.82. The van der Waals surface area contributed by atoms with E-state index in [1.54, 1.807) is 31.2 Å². The van der Waals surface area contributed by atoms with Gasteiger partial charge in [0.15, 0.2) is 0 Å². The van der Waals surface area contributed by atoms with E-state index in [0.29, 0.717) is 16.7 Å². The van der Waals surface area contributed by atoms with Crippen LogP contribution in [0.5, 0.6) is 0 Å². The third kappa shape index (κ3) is 4.70. The second-order valence-electron chi connectivity index (χ2n) is 6.11. The Labute approximate surface area is 153 Å². The molecule has 0 aliphatic heterocycles. The minimum Gasteiger partial charge on any atom is -0.478 e. The highest BCUT2D eigenvalue weighted by Gasteiger charge is 2.23. The van der Waals surface area contributed by atoms with Crippen molar-refractivity contribution in [1.29, 1.82) is 0 Å². The average Bonchev–Trinajstić information content (AvgIpc) is 2.64. The fourth-order valence-corrected chi connectivity index (χ4v) is 2.70. The maximum Gasteiger partial charge on any atom is 0.336 e. The molecule has 0 radical (unpaired) electrons. The Morgan fingerprint density at radius 3 is 1.96 bits per heavy atom. The van der Waals surface area contributed by atoms with Crippen LogP contribution in [0.3, 0.4) is 0 Å². The summed E-state index contributed by atoms with van der Waals surface area (Å²) in [4.78, 5) is 23.8. The molecule has 0 bridgehead atoms. The number of carboxylic acid groups (broad SMARTS) is 1. The van der Waals surface area contributed by atoms with Crippen molar-refractivity contribution in [2.75, 3.05) is 6.61 Å². The highest BCUT2D eigenvalue weighted by Crippen LogP contribution is 2.33. The van der Waals surface area contributed by atoms with Crippen LogP contribution < -0.4 is 0 Å². The second-order valence-corrected chi connectivity index (χ2v) is 6.11. The molecule has 0 spiro atoms. The Morgan fingerprint density at radius 2 is 1.50 bits per heavy atom. The van der Waals surface area contributed by atoms with Crippen LogP contribution in [-0.2, 0) is 14.3 Å². The molecule has 134 valence electrons. The summed E-state index contributed by atoms with van der Waals surface area (Å²) in [7, 11) is 0. The molecule has 1 unspecified atom stereocenters. The number of carbonyl (C=O) groups excluding carboxylic acids is 1. The highest BCUT2D eigenvalue weighted by molar-refractivity contribution is 6.24. The Morgan fingerprint density at radius 1 is 1.00 bits per heavy atom. The van der Waals surface area contributed by atoms with Crippen LogP contribution in [0, 0.1) is 5.92 Å². The minimum absolute atomic E-state index is 0.0690. The first-order chi connectivity index (χ1) is 12.4. The number of hydrogen-bond acceptors (Lipinski definition) is 3. The standard InChI is InChI=1S/C22H22O4/c1-15(2)22(25)26-14-16(3)19(17-10-6-4-7-11-17)20(21(23)24)18-12-8-5-9-13-18/h4-13,16H,1,14H2,2-3H3,(H,23,24). The minimum atomic E-state index is -1.02. The summed E-state index contributed by atoms with van der Waals surface area (Å²) >= 11 is 0. The van der Waals surface area contributed by atoms with Crippen LogP contribution in [0.15, 0.2) is 72.8 Å². The Hall–Kier alpha value is -3.14. The Bertz CT molecular complexity index is 820. The Balaban J connectivity index is 2.54. The van der Waals surface area contributed by atoms with E-state index in [2.05, 4.69) is 6.58 Å². The van der Waals surface area contributed by atoms with Gasteiger partial charge in [-0.05, 0) is 23.6 Å². The van der Waals surface area contributed by atoms with Crippen molar-refractivity contribution >= 4 is 23.1 Å². The summed E-state index contributed by atoms with van der Waals surface area (Å²) in [6.45, 7) is 7.06. The number of esters is 1. The molecule has 0 aliphatic carbocycles. The smallest absolute Gasteiger partial charge is 0.336 e. The fraction of sp³-hybridized carbons (Fsp3) is 0.182. The molecule has 4 nitrogen and oxygen atoms in total. The molecule has 2 aromatic carbocycles. The van der Waals surface area contributed by atoms with Crippen molar-refractivity contribution in [3.8, 4) is 0 Å². The van der Waals surface area contributed by atoms with Crippen LogP contribution in [0.2, 0.25) is 0 Å². The molecule has 2 rings (SSSR count). The van der Waals surface area contributed by atoms with Gasteiger partial charge in [-0.15, -0.1) is 0 Å². The summed E-state index contributed by atoms with van der Waals surface area (Å²) in [6, 6.07) is 18.3. The molecule has 0 amide bonds. The number of benzene rings is 2. The van der Waals surface area contributed by atoms with E-state index < -0.39 is 11.9 Å². The van der Waals surface area contributed by atoms with Gasteiger partial charge in [0.1, 0.15) is 0 Å². The van der Waals surface area contributed by atoms with E-state index in [4.69, 9.17) is 4.74 Å². The van der Waals surface area contributed by atoms with Gasteiger partial charge in [0.05, 0.1) is 12.2 Å². The van der Waals surface area contributed by atoms with Gasteiger partial charge in [0.25, 0.3) is 0 Å². The number of hydrogen-bond donors (Lipinski definition) is 1. The van der Waals surface area contributed by atoms with Crippen molar-refractivity contribution in [2.45, 2.75) is 13.8 Å². The monoisotopic (exact) mass is 350 g/mol. The van der Waals surface area contributed by atoms with E-state index in [0.717, 1.165) is 5.56 Å². The summed E-state index contributed by atoms with van der Waals surface area (Å²) in [6.07, 6.45) is 0. The number of aliphatic carboxylic acids is 1. The molecule has 26 heavy (non-hydrogen) atoms. The van der Waals surface area contributed by atoms with E-state index in [9.17, 15) is 14.7 Å². The number of rotatable bonds is 7. The third-order valence-corrected chi connectivity index (χ3v) is 3.94. The van der Waals surface area contributed by atoms with Crippen molar-refractivity contribution in [3.05, 3.63) is 83.9 Å². The molecule has 0 heterocycles. The largest absolute Gasteiger partial charge is 0.478 e. The summed E-state index contributed by atoms with van der Waals surface area (Å²) in [5.41, 5.74) is 2.53. The van der Waals surface area contributed by atoms with Crippen molar-refractivity contribution in [1.82, 2.24) is 0 Å². The molecule has 0 saturated carbocycles. The molecule has 0 fully saturated rings. The first kappa shape index (κ1) is 19.2. The van der Waals surface area contributed by atoms with E-state index in [-0.39, 0.29) is 18.1 Å². The second kappa shape index (κ2) is 8.81. The fourth-order valence-electron chi connectivity index (χ4n) is 2.70. The zero-order valence-electron chi connectivity index (χ0n) is 14.9. The van der Waals surface area contributed by atoms with E-state index in [1.165, 1.54) is 0 Å². The SMILES string of the molecule is C=C(C)C(=O)OCC(C)C(=C(C(=O)O)c1ccccc1)c1ccccc1. The van der Waals surface area contributed by atoms with Crippen molar-refractivity contribution in [2.24, 2.45) is 5.92 Å². The summed E-state index contributed by atoms with van der Waals surface area (Å²) < 4.78 is 5.27. The van der Waals surface area contributed by atoms with Gasteiger partial charge in [-0.3, -0.25) is 0 Å². The van der Waals surface area contributed by atoms with Crippen LogP contribution in [0.25, 0.3) is 11.1 Å². The number of carbonyl (C=O) groups is 2. The highest BCUT2D eigenvalue weighted by atomic mass is 16.5. The molecule has 0 aromatic heterocycles. The van der Waals surface area contributed by atoms with Gasteiger partial charge in [-0.25, -0.2) is 9.59 Å². The molecule has 1 N–H and O–H groups in total. The van der Waals surface area contributed by atoms with Crippen LogP contribution in [0.1, 0.15) is 25.0 Å². The number of ether oxygens (including phenoxy) is 1. The van der Waals surface area contributed by atoms with Gasteiger partial charge in [0, 0.05) is 11.5 Å². The lowest BCUT2D eigenvalue weighted by molar-refractivity contribution is -0.139. The van der Waals surface area contributed by atoms with Gasteiger partial charge in [0.2, 0.25) is 0 Å². The zero-order valence-corrected chi connectivity index (χ0v) is 14.9. The summed E-state index contributed by atoms with van der Waals surface area (Å²) in [5, 5.41) is 9.89. The molecule has 0 aliphatic rings. The number of carboxylic acids is 1. The lowest BCUT2D eigenvalue weighted by atomic mass is 9.87.